The average Bonchev–Trinajstić information content (AvgIpc) is 3.19. The van der Waals surface area contributed by atoms with Crippen LogP contribution in [-0.4, -0.2) is 75.9 Å². The maximum atomic E-state index is 12.6. The second kappa shape index (κ2) is 15.8. The van der Waals surface area contributed by atoms with E-state index in [-0.39, 0.29) is 78.0 Å². The number of nitrogens with one attached hydrogen (secondary N) is 1. The lowest BCUT2D eigenvalue weighted by atomic mass is 10.2. The number of ether oxygens (including phenoxy) is 3. The summed E-state index contributed by atoms with van der Waals surface area (Å²) in [5.74, 6) is -1.31. The SMILES string of the molecule is CCOC(=O)c1c(N=Nc2cc(Cl)c(N(CCO)CCCS(=O)(=O)O)c(OCNC)c2)sc(OC(=O)CC)c1C. The number of aliphatic hydroxyl groups is 1. The first kappa shape index (κ1) is 33.4. The van der Waals surface area contributed by atoms with E-state index in [1.165, 1.54) is 12.1 Å². The van der Waals surface area contributed by atoms with E-state index in [2.05, 4.69) is 15.5 Å². The summed E-state index contributed by atoms with van der Waals surface area (Å²) in [6, 6.07) is 3.03. The Morgan fingerprint density at radius 2 is 1.93 bits per heavy atom. The Hall–Kier alpha value is -2.82. The lowest BCUT2D eigenvalue weighted by Gasteiger charge is -2.27. The van der Waals surface area contributed by atoms with E-state index in [0.717, 1.165) is 11.3 Å². The largest absolute Gasteiger partial charge is 0.476 e. The molecule has 0 unspecified atom stereocenters. The Morgan fingerprint density at radius 3 is 2.52 bits per heavy atom. The maximum Gasteiger partial charge on any atom is 0.341 e. The molecule has 0 radical (unpaired) electrons. The normalized spacial score (nSPS) is 11.6. The molecule has 13 nitrogen and oxygen atoms in total. The molecule has 0 aliphatic carbocycles. The molecular weight excluding hydrogens is 588 g/mol. The first-order valence-corrected chi connectivity index (χ1v) is 15.1. The third kappa shape index (κ3) is 9.67. The molecule has 0 saturated heterocycles. The Morgan fingerprint density at radius 1 is 1.20 bits per heavy atom. The van der Waals surface area contributed by atoms with Gasteiger partial charge in [-0.2, -0.15) is 8.42 Å². The van der Waals surface area contributed by atoms with Crippen molar-refractivity contribution in [3.63, 3.8) is 0 Å². The molecule has 2 rings (SSSR count). The van der Waals surface area contributed by atoms with Crippen LogP contribution in [0.4, 0.5) is 16.4 Å². The van der Waals surface area contributed by atoms with Gasteiger partial charge >= 0.3 is 11.9 Å². The summed E-state index contributed by atoms with van der Waals surface area (Å²) in [5.41, 5.74) is 1.16. The molecule has 40 heavy (non-hydrogen) atoms. The number of esters is 2. The van der Waals surface area contributed by atoms with Crippen LogP contribution in [0.1, 0.15) is 42.6 Å². The fraction of sp³-hybridized carbons (Fsp3) is 0.500. The monoisotopic (exact) mass is 620 g/mol. The highest BCUT2D eigenvalue weighted by atomic mass is 35.5. The quantitative estimate of drug-likeness (QED) is 0.106. The number of carbonyl (C=O) groups is 2. The van der Waals surface area contributed by atoms with Crippen molar-refractivity contribution in [2.75, 3.05) is 50.7 Å². The average molecular weight is 621 g/mol. The van der Waals surface area contributed by atoms with Crippen LogP contribution < -0.4 is 19.7 Å². The number of carbonyl (C=O) groups excluding carboxylic acids is 2. The van der Waals surface area contributed by atoms with Gasteiger partial charge in [-0.05, 0) is 33.4 Å². The molecule has 0 aliphatic heterocycles. The molecular formula is C24H33ClN4O9S2. The maximum absolute atomic E-state index is 12.6. The number of hydrogen-bond acceptors (Lipinski definition) is 13. The minimum atomic E-state index is -4.17. The predicted molar refractivity (Wildman–Crippen MR) is 151 cm³/mol. The van der Waals surface area contributed by atoms with Crippen molar-refractivity contribution < 1.29 is 41.9 Å². The zero-order chi connectivity index (χ0) is 29.9. The van der Waals surface area contributed by atoms with E-state index in [9.17, 15) is 23.1 Å². The first-order valence-electron chi connectivity index (χ1n) is 12.3. The van der Waals surface area contributed by atoms with Gasteiger partial charge in [0.2, 0.25) is 0 Å². The summed E-state index contributed by atoms with van der Waals surface area (Å²) < 4.78 is 47.7. The zero-order valence-electron chi connectivity index (χ0n) is 22.6. The molecule has 0 aliphatic rings. The Labute approximate surface area is 241 Å². The van der Waals surface area contributed by atoms with Crippen LogP contribution in [0.3, 0.4) is 0 Å². The second-order valence-electron chi connectivity index (χ2n) is 8.21. The van der Waals surface area contributed by atoms with Gasteiger partial charge < -0.3 is 24.2 Å². The minimum absolute atomic E-state index is 0.0708. The number of rotatable bonds is 16. The molecule has 1 heterocycles. The van der Waals surface area contributed by atoms with Crippen molar-refractivity contribution in [2.24, 2.45) is 10.2 Å². The summed E-state index contributed by atoms with van der Waals surface area (Å²) in [4.78, 5) is 26.1. The summed E-state index contributed by atoms with van der Waals surface area (Å²) in [6.45, 7) is 5.15. The molecule has 1 aromatic carbocycles. The highest BCUT2D eigenvalue weighted by Gasteiger charge is 2.25. The Balaban J connectivity index is 2.51. The Kier molecular flexibility index (Phi) is 13.2. The van der Waals surface area contributed by atoms with E-state index in [1.807, 2.05) is 0 Å². The van der Waals surface area contributed by atoms with Crippen molar-refractivity contribution >= 4 is 61.4 Å². The summed E-state index contributed by atoms with van der Waals surface area (Å²) in [5, 5.41) is 21.4. The molecule has 2 aromatic rings. The number of thiophene rings is 1. The van der Waals surface area contributed by atoms with Gasteiger partial charge in [0.1, 0.15) is 18.0 Å². The van der Waals surface area contributed by atoms with Crippen molar-refractivity contribution in [1.82, 2.24) is 5.32 Å². The van der Waals surface area contributed by atoms with Crippen LogP contribution in [0.25, 0.3) is 0 Å². The van der Waals surface area contributed by atoms with Crippen LogP contribution >= 0.6 is 22.9 Å². The number of aliphatic hydroxyl groups excluding tert-OH is 1. The van der Waals surface area contributed by atoms with Gasteiger partial charge in [0.15, 0.2) is 10.1 Å². The molecule has 0 amide bonds. The number of hydrogen-bond donors (Lipinski definition) is 3. The van der Waals surface area contributed by atoms with Crippen molar-refractivity contribution in [3.8, 4) is 10.8 Å². The van der Waals surface area contributed by atoms with Crippen LogP contribution in [0, 0.1) is 6.92 Å². The van der Waals surface area contributed by atoms with E-state index in [0.29, 0.717) is 11.3 Å². The molecule has 3 N–H and O–H groups in total. The fourth-order valence-corrected chi connectivity index (χ4v) is 5.25. The minimum Gasteiger partial charge on any atom is -0.476 e. The van der Waals surface area contributed by atoms with E-state index in [1.54, 1.807) is 32.7 Å². The standard InChI is InChI=1S/C24H33ClN4O9S2/c1-5-19(31)38-24-15(3)20(23(32)36-6-2)22(39-24)28-27-16-12-17(25)21(18(13-16)37-14-26-4)29(9-10-30)8-7-11-40(33,34)35/h12-13,26,30H,5-11,14H2,1-4H3,(H,33,34,35). The molecule has 0 bridgehead atoms. The van der Waals surface area contributed by atoms with Gasteiger partial charge in [-0.3, -0.25) is 14.7 Å². The van der Waals surface area contributed by atoms with E-state index < -0.39 is 27.8 Å². The molecule has 0 atom stereocenters. The summed E-state index contributed by atoms with van der Waals surface area (Å²) in [6.07, 6.45) is 0.216. The van der Waals surface area contributed by atoms with Gasteiger partial charge in [0.25, 0.3) is 10.1 Å². The third-order valence-electron chi connectivity index (χ3n) is 5.22. The highest BCUT2D eigenvalue weighted by molar-refractivity contribution is 7.85. The topological polar surface area (TPSA) is 176 Å². The molecule has 0 fully saturated rings. The number of anilines is 1. The van der Waals surface area contributed by atoms with E-state index in [4.69, 9.17) is 30.4 Å². The van der Waals surface area contributed by atoms with Crippen molar-refractivity contribution in [1.29, 1.82) is 0 Å². The molecule has 0 saturated carbocycles. The summed E-state index contributed by atoms with van der Waals surface area (Å²) in [7, 11) is -2.50. The van der Waals surface area contributed by atoms with Crippen LogP contribution in [-0.2, 0) is 19.6 Å². The van der Waals surface area contributed by atoms with Gasteiger partial charge in [0, 0.05) is 31.1 Å². The fourth-order valence-electron chi connectivity index (χ4n) is 3.45. The smallest absolute Gasteiger partial charge is 0.341 e. The number of azo groups is 1. The van der Waals surface area contributed by atoms with Gasteiger partial charge in [0.05, 0.1) is 35.4 Å². The van der Waals surface area contributed by atoms with Crippen LogP contribution in [0.15, 0.2) is 22.4 Å². The van der Waals surface area contributed by atoms with Crippen molar-refractivity contribution in [3.05, 3.63) is 28.3 Å². The van der Waals surface area contributed by atoms with Crippen molar-refractivity contribution in [2.45, 2.75) is 33.6 Å². The molecule has 222 valence electrons. The second-order valence-corrected chi connectivity index (χ2v) is 11.2. The molecule has 0 spiro atoms. The molecule has 16 heteroatoms. The van der Waals surface area contributed by atoms with Gasteiger partial charge in [-0.1, -0.05) is 29.9 Å². The van der Waals surface area contributed by atoms with Gasteiger partial charge in [-0.25, -0.2) is 4.79 Å². The lowest BCUT2D eigenvalue weighted by Crippen LogP contribution is -2.30. The summed E-state index contributed by atoms with van der Waals surface area (Å²) >= 11 is 7.57. The van der Waals surface area contributed by atoms with Crippen LogP contribution in [0.2, 0.25) is 5.02 Å². The van der Waals surface area contributed by atoms with Gasteiger partial charge in [-0.15, -0.1) is 10.2 Å². The van der Waals surface area contributed by atoms with Crippen LogP contribution in [0.5, 0.6) is 10.8 Å². The number of nitrogens with zero attached hydrogens (tertiary/aromatic N) is 3. The number of benzene rings is 1. The Bertz CT molecular complexity index is 1320. The number of halogens is 1. The molecule has 1 aromatic heterocycles. The first-order chi connectivity index (χ1) is 18.9. The zero-order valence-corrected chi connectivity index (χ0v) is 25.0. The third-order valence-corrected chi connectivity index (χ3v) is 7.36. The van der Waals surface area contributed by atoms with E-state index >= 15 is 0 Å². The predicted octanol–water partition coefficient (Wildman–Crippen LogP) is 4.25. The lowest BCUT2D eigenvalue weighted by molar-refractivity contribution is -0.133. The highest BCUT2D eigenvalue weighted by Crippen LogP contribution is 2.44.